The lowest BCUT2D eigenvalue weighted by atomic mass is 10.1. The summed E-state index contributed by atoms with van der Waals surface area (Å²) in [5, 5.41) is 9.19. The first kappa shape index (κ1) is 24.9. The molecule has 0 bridgehead atoms. The molecule has 1 fully saturated rings. The number of methoxy groups -OCH3 is 1. The molecule has 35 heavy (non-hydrogen) atoms. The summed E-state index contributed by atoms with van der Waals surface area (Å²) in [6.07, 6.45) is 1.66. The molecule has 6 nitrogen and oxygen atoms in total. The number of hydrogen-bond donors (Lipinski definition) is 0. The summed E-state index contributed by atoms with van der Waals surface area (Å²) in [6.45, 7) is 0.456. The van der Waals surface area contributed by atoms with Gasteiger partial charge in [0.1, 0.15) is 6.61 Å². The highest BCUT2D eigenvalue weighted by molar-refractivity contribution is 9.10. The van der Waals surface area contributed by atoms with Crippen LogP contribution in [0.4, 0.5) is 4.79 Å². The van der Waals surface area contributed by atoms with Crippen LogP contribution in [0.15, 0.2) is 70.0 Å². The van der Waals surface area contributed by atoms with Gasteiger partial charge in [-0.15, -0.1) is 0 Å². The van der Waals surface area contributed by atoms with Crippen LogP contribution in [0.3, 0.4) is 0 Å². The van der Waals surface area contributed by atoms with Crippen LogP contribution in [-0.4, -0.2) is 23.2 Å². The first-order valence-electron chi connectivity index (χ1n) is 10.4. The molecule has 0 saturated carbocycles. The molecule has 9 heteroatoms. The molecule has 3 aromatic carbocycles. The van der Waals surface area contributed by atoms with Gasteiger partial charge in [0.25, 0.3) is 11.1 Å². The van der Waals surface area contributed by atoms with Gasteiger partial charge in [-0.25, -0.2) is 0 Å². The number of imide groups is 1. The Kier molecular flexibility index (Phi) is 7.81. The fourth-order valence-electron chi connectivity index (χ4n) is 3.35. The molecule has 0 N–H and O–H groups in total. The Morgan fingerprint density at radius 1 is 1.09 bits per heavy atom. The number of rotatable bonds is 7. The number of carbonyl (C=O) groups is 2. The molecule has 1 saturated heterocycles. The molecular formula is C26H18BrClN2O4S. The summed E-state index contributed by atoms with van der Waals surface area (Å²) in [4.78, 5) is 26.9. The van der Waals surface area contributed by atoms with Gasteiger partial charge < -0.3 is 9.47 Å². The van der Waals surface area contributed by atoms with Crippen LogP contribution >= 0.6 is 39.3 Å². The summed E-state index contributed by atoms with van der Waals surface area (Å²) in [5.74, 6) is 0.621. The number of amides is 2. The minimum atomic E-state index is -0.355. The summed E-state index contributed by atoms with van der Waals surface area (Å²) in [6, 6.07) is 19.8. The van der Waals surface area contributed by atoms with Crippen LogP contribution in [0.25, 0.3) is 6.08 Å². The van der Waals surface area contributed by atoms with Crippen molar-refractivity contribution in [2.24, 2.45) is 0 Å². The zero-order valence-electron chi connectivity index (χ0n) is 18.5. The first-order valence-corrected chi connectivity index (χ1v) is 12.4. The Morgan fingerprint density at radius 3 is 2.43 bits per heavy atom. The van der Waals surface area contributed by atoms with Gasteiger partial charge in [0.05, 0.1) is 34.7 Å². The zero-order valence-corrected chi connectivity index (χ0v) is 21.6. The summed E-state index contributed by atoms with van der Waals surface area (Å²) in [5.41, 5.74) is 2.97. The minimum Gasteiger partial charge on any atom is -0.493 e. The molecule has 3 aromatic rings. The quantitative estimate of drug-likeness (QED) is 0.291. The van der Waals surface area contributed by atoms with Crippen molar-refractivity contribution in [2.45, 2.75) is 13.2 Å². The second-order valence-electron chi connectivity index (χ2n) is 7.53. The molecule has 0 aromatic heterocycles. The second-order valence-corrected chi connectivity index (χ2v) is 9.81. The number of nitriles is 1. The van der Waals surface area contributed by atoms with E-state index < -0.39 is 0 Å². The average Bonchev–Trinajstić information content (AvgIpc) is 3.12. The highest BCUT2D eigenvalue weighted by Crippen LogP contribution is 2.39. The van der Waals surface area contributed by atoms with Gasteiger partial charge in [-0.05, 0) is 86.9 Å². The second kappa shape index (κ2) is 11.0. The van der Waals surface area contributed by atoms with Gasteiger partial charge in [-0.3, -0.25) is 14.5 Å². The molecule has 0 unspecified atom stereocenters. The number of carbonyl (C=O) groups excluding carboxylic acids is 2. The Morgan fingerprint density at radius 2 is 1.77 bits per heavy atom. The van der Waals surface area contributed by atoms with Crippen LogP contribution < -0.4 is 9.47 Å². The molecule has 4 rings (SSSR count). The normalized spacial score (nSPS) is 14.3. The summed E-state index contributed by atoms with van der Waals surface area (Å²) in [7, 11) is 1.53. The van der Waals surface area contributed by atoms with Crippen LogP contribution in [0.5, 0.6) is 11.5 Å². The molecule has 0 spiro atoms. The third kappa shape index (κ3) is 5.88. The molecule has 176 valence electrons. The van der Waals surface area contributed by atoms with Crippen molar-refractivity contribution in [1.29, 1.82) is 5.26 Å². The molecule has 1 aliphatic rings. The topological polar surface area (TPSA) is 79.6 Å². The lowest BCUT2D eigenvalue weighted by Gasteiger charge is -2.14. The average molecular weight is 570 g/mol. The van der Waals surface area contributed by atoms with Gasteiger partial charge in [-0.1, -0.05) is 35.9 Å². The SMILES string of the molecule is COc1cc(/C=C2/SC(=O)N(Cc3ccc(Cl)cc3)C2=O)cc(Br)c1OCc1ccc(C#N)cc1. The van der Waals surface area contributed by atoms with Gasteiger partial charge >= 0.3 is 0 Å². The minimum absolute atomic E-state index is 0.175. The van der Waals surface area contributed by atoms with E-state index in [9.17, 15) is 9.59 Å². The molecule has 0 aliphatic carbocycles. The molecule has 0 atom stereocenters. The largest absolute Gasteiger partial charge is 0.493 e. The Bertz CT molecular complexity index is 1350. The van der Waals surface area contributed by atoms with Crippen LogP contribution in [0.2, 0.25) is 5.02 Å². The highest BCUT2D eigenvalue weighted by atomic mass is 79.9. The Labute approximate surface area is 220 Å². The number of halogens is 2. The molecule has 0 radical (unpaired) electrons. The van der Waals surface area contributed by atoms with Gasteiger partial charge in [-0.2, -0.15) is 5.26 Å². The van der Waals surface area contributed by atoms with E-state index in [-0.39, 0.29) is 24.3 Å². The fraction of sp³-hybridized carbons (Fsp3) is 0.115. The van der Waals surface area contributed by atoms with Crippen molar-refractivity contribution in [2.75, 3.05) is 7.11 Å². The van der Waals surface area contributed by atoms with Gasteiger partial charge in [0.2, 0.25) is 0 Å². The van der Waals surface area contributed by atoms with Gasteiger partial charge in [0, 0.05) is 5.02 Å². The lowest BCUT2D eigenvalue weighted by Crippen LogP contribution is -2.27. The van der Waals surface area contributed by atoms with Crippen molar-refractivity contribution >= 4 is 56.5 Å². The van der Waals surface area contributed by atoms with E-state index in [4.69, 9.17) is 26.3 Å². The third-order valence-electron chi connectivity index (χ3n) is 5.14. The maximum atomic E-state index is 12.9. The van der Waals surface area contributed by atoms with Gasteiger partial charge in [0.15, 0.2) is 11.5 Å². The van der Waals surface area contributed by atoms with E-state index in [0.29, 0.717) is 37.0 Å². The molecular weight excluding hydrogens is 552 g/mol. The number of benzene rings is 3. The van der Waals surface area contributed by atoms with Crippen LogP contribution in [-0.2, 0) is 17.9 Å². The van der Waals surface area contributed by atoms with Crippen molar-refractivity contribution in [3.8, 4) is 17.6 Å². The van der Waals surface area contributed by atoms with E-state index in [1.807, 2.05) is 12.1 Å². The maximum absolute atomic E-state index is 12.9. The zero-order chi connectivity index (χ0) is 24.9. The standard InChI is InChI=1S/C26H18BrClN2O4S/c1-33-22-11-19(10-21(27)24(22)34-15-18-4-2-16(13-29)3-5-18)12-23-25(31)30(26(32)35-23)14-17-6-8-20(28)9-7-17/h2-12H,14-15H2,1H3/b23-12+. The summed E-state index contributed by atoms with van der Waals surface area (Å²) >= 11 is 10.3. The summed E-state index contributed by atoms with van der Waals surface area (Å²) < 4.78 is 12.1. The van der Waals surface area contributed by atoms with E-state index in [0.717, 1.165) is 22.9 Å². The number of ether oxygens (including phenoxy) is 2. The molecule has 1 heterocycles. The van der Waals surface area contributed by atoms with E-state index in [1.165, 1.54) is 12.0 Å². The monoisotopic (exact) mass is 568 g/mol. The maximum Gasteiger partial charge on any atom is 0.293 e. The van der Waals surface area contributed by atoms with Crippen molar-refractivity contribution in [1.82, 2.24) is 4.90 Å². The fourth-order valence-corrected chi connectivity index (χ4v) is 4.89. The Hall–Kier alpha value is -3.25. The van der Waals surface area contributed by atoms with Crippen LogP contribution in [0.1, 0.15) is 22.3 Å². The first-order chi connectivity index (χ1) is 16.9. The third-order valence-corrected chi connectivity index (χ3v) is 6.89. The number of thioether (sulfide) groups is 1. The van der Waals surface area contributed by atoms with Crippen molar-refractivity contribution in [3.05, 3.63) is 97.3 Å². The predicted molar refractivity (Wildman–Crippen MR) is 139 cm³/mol. The lowest BCUT2D eigenvalue weighted by molar-refractivity contribution is -0.123. The molecule has 2 amide bonds. The number of nitrogens with zero attached hydrogens (tertiary/aromatic N) is 2. The van der Waals surface area contributed by atoms with E-state index >= 15 is 0 Å². The Balaban J connectivity index is 1.51. The van der Waals surface area contributed by atoms with Crippen LogP contribution in [0, 0.1) is 11.3 Å². The van der Waals surface area contributed by atoms with Crippen molar-refractivity contribution in [3.63, 3.8) is 0 Å². The van der Waals surface area contributed by atoms with Crippen molar-refractivity contribution < 1.29 is 19.1 Å². The molecule has 1 aliphatic heterocycles. The predicted octanol–water partition coefficient (Wildman–Crippen LogP) is 6.80. The number of hydrogen-bond acceptors (Lipinski definition) is 6. The van der Waals surface area contributed by atoms with E-state index in [1.54, 1.807) is 54.6 Å². The smallest absolute Gasteiger partial charge is 0.293 e. The van der Waals surface area contributed by atoms with E-state index in [2.05, 4.69) is 22.0 Å². The highest BCUT2D eigenvalue weighted by Gasteiger charge is 2.35.